The minimum atomic E-state index is 0.283. The number of fused-ring (bicyclic) bond motifs is 1. The second-order valence-corrected chi connectivity index (χ2v) is 9.52. The van der Waals surface area contributed by atoms with E-state index in [9.17, 15) is 0 Å². The van der Waals surface area contributed by atoms with Crippen LogP contribution in [0.4, 0.5) is 17.6 Å². The number of nitrogens with zero attached hydrogens (tertiary/aromatic N) is 6. The van der Waals surface area contributed by atoms with Crippen LogP contribution in [0.5, 0.6) is 0 Å². The predicted octanol–water partition coefficient (Wildman–Crippen LogP) is 4.62. The number of aromatic nitrogens is 5. The maximum Gasteiger partial charge on any atom is 0.243 e. The molecule has 0 unspecified atom stereocenters. The number of hydrogen-bond acceptors (Lipinski definition) is 7. The molecule has 0 saturated carbocycles. The molecule has 3 aromatic heterocycles. The van der Waals surface area contributed by atoms with Gasteiger partial charge in [-0.15, -0.1) is 5.10 Å². The van der Waals surface area contributed by atoms with Crippen LogP contribution in [0.1, 0.15) is 76.1 Å². The molecule has 1 saturated heterocycles. The van der Waals surface area contributed by atoms with Crippen LogP contribution in [-0.4, -0.2) is 43.7 Å². The minimum Gasteiger partial charge on any atom is -0.380 e. The average Bonchev–Trinajstić information content (AvgIpc) is 3.18. The normalized spacial score (nSPS) is 15.8. The molecule has 4 rings (SSSR count). The topological polar surface area (TPSA) is 97.3 Å². The van der Waals surface area contributed by atoms with Crippen molar-refractivity contribution in [3.8, 4) is 0 Å². The molecule has 3 aromatic rings. The van der Waals surface area contributed by atoms with Crippen molar-refractivity contribution in [2.75, 3.05) is 29.0 Å². The first-order chi connectivity index (χ1) is 16.0. The second kappa shape index (κ2) is 10.4. The molecule has 0 bridgehead atoms. The highest BCUT2D eigenvalue weighted by atomic mass is 15.3. The summed E-state index contributed by atoms with van der Waals surface area (Å²) < 4.78 is 1.81. The summed E-state index contributed by atoms with van der Waals surface area (Å²) in [5.74, 6) is 2.92. The van der Waals surface area contributed by atoms with Crippen LogP contribution < -0.4 is 16.0 Å². The fraction of sp³-hybridized carbons (Fsp3) is 0.600. The molecule has 1 atom stereocenters. The van der Waals surface area contributed by atoms with Crippen molar-refractivity contribution >= 4 is 23.2 Å². The summed E-state index contributed by atoms with van der Waals surface area (Å²) in [6.45, 7) is 11.0. The van der Waals surface area contributed by atoms with E-state index in [2.05, 4.69) is 59.0 Å². The van der Waals surface area contributed by atoms with Crippen LogP contribution in [-0.2, 0) is 6.42 Å². The number of nitrogens with two attached hydrogens (primary N) is 1. The Labute approximate surface area is 197 Å². The van der Waals surface area contributed by atoms with Gasteiger partial charge < -0.3 is 16.0 Å². The first-order valence-corrected chi connectivity index (χ1v) is 12.5. The fourth-order valence-electron chi connectivity index (χ4n) is 4.96. The van der Waals surface area contributed by atoms with Gasteiger partial charge in [-0.25, -0.2) is 14.5 Å². The standard InChI is InChI=1S/C25H38N8/c1-5-7-18(4)29-25-30-22(26)24-28-16-21(33(24)31-25)14-20-13-17(3)23(27-15-20)32-11-9-19(8-6-2)10-12-32/h13,15-16,18-19H,5-12,14H2,1-4H3,(H3,26,29,30,31)/t18-/m0/s1. The number of aryl methyl sites for hydroxylation is 1. The van der Waals surface area contributed by atoms with Gasteiger partial charge >= 0.3 is 0 Å². The molecule has 1 aliphatic heterocycles. The lowest BCUT2D eigenvalue weighted by Crippen LogP contribution is -2.34. The maximum absolute atomic E-state index is 6.18. The van der Waals surface area contributed by atoms with Crippen LogP contribution >= 0.6 is 0 Å². The Morgan fingerprint density at radius 3 is 2.64 bits per heavy atom. The molecule has 0 radical (unpaired) electrons. The van der Waals surface area contributed by atoms with Crippen LogP contribution in [0.15, 0.2) is 18.5 Å². The van der Waals surface area contributed by atoms with Crippen molar-refractivity contribution in [3.63, 3.8) is 0 Å². The highest BCUT2D eigenvalue weighted by Gasteiger charge is 2.21. The van der Waals surface area contributed by atoms with Crippen molar-refractivity contribution in [1.29, 1.82) is 0 Å². The monoisotopic (exact) mass is 450 g/mol. The maximum atomic E-state index is 6.18. The lowest BCUT2D eigenvalue weighted by Gasteiger charge is -2.33. The minimum absolute atomic E-state index is 0.283. The van der Waals surface area contributed by atoms with Crippen molar-refractivity contribution in [3.05, 3.63) is 35.3 Å². The number of hydrogen-bond donors (Lipinski definition) is 2. The van der Waals surface area contributed by atoms with E-state index in [1.807, 2.05) is 16.9 Å². The molecular weight excluding hydrogens is 412 g/mol. The molecule has 33 heavy (non-hydrogen) atoms. The molecular formula is C25H38N8. The smallest absolute Gasteiger partial charge is 0.243 e. The summed E-state index contributed by atoms with van der Waals surface area (Å²) in [5, 5.41) is 8.03. The van der Waals surface area contributed by atoms with Gasteiger partial charge in [-0.2, -0.15) is 4.98 Å². The summed E-state index contributed by atoms with van der Waals surface area (Å²) in [6, 6.07) is 2.53. The molecule has 3 N–H and O–H groups in total. The van der Waals surface area contributed by atoms with E-state index in [-0.39, 0.29) is 6.04 Å². The Morgan fingerprint density at radius 2 is 1.94 bits per heavy atom. The van der Waals surface area contributed by atoms with Gasteiger partial charge in [-0.05, 0) is 50.2 Å². The van der Waals surface area contributed by atoms with Crippen molar-refractivity contribution < 1.29 is 0 Å². The molecule has 0 spiro atoms. The SMILES string of the molecule is CCCC1CCN(c2ncc(Cc3cnc4c(N)nc(N[C@@H](C)CCC)nn34)cc2C)CC1. The third kappa shape index (κ3) is 5.37. The number of nitrogen functional groups attached to an aromatic ring is 1. The first kappa shape index (κ1) is 23.3. The molecule has 1 aliphatic rings. The lowest BCUT2D eigenvalue weighted by atomic mass is 9.92. The van der Waals surface area contributed by atoms with Crippen molar-refractivity contribution in [2.24, 2.45) is 5.92 Å². The fourth-order valence-corrected chi connectivity index (χ4v) is 4.96. The Morgan fingerprint density at radius 1 is 1.15 bits per heavy atom. The molecule has 4 heterocycles. The average molecular weight is 451 g/mol. The van der Waals surface area contributed by atoms with E-state index in [1.54, 1.807) is 0 Å². The van der Waals surface area contributed by atoms with Crippen LogP contribution in [0.25, 0.3) is 5.65 Å². The van der Waals surface area contributed by atoms with Gasteiger partial charge in [0.05, 0.1) is 11.9 Å². The zero-order valence-corrected chi connectivity index (χ0v) is 20.5. The Kier molecular flexibility index (Phi) is 7.30. The molecule has 0 aromatic carbocycles. The number of rotatable bonds is 9. The second-order valence-electron chi connectivity index (χ2n) is 9.52. The number of piperidine rings is 1. The van der Waals surface area contributed by atoms with E-state index in [0.29, 0.717) is 23.8 Å². The predicted molar refractivity (Wildman–Crippen MR) is 135 cm³/mol. The highest BCUT2D eigenvalue weighted by Crippen LogP contribution is 2.27. The van der Waals surface area contributed by atoms with E-state index in [1.165, 1.54) is 31.2 Å². The van der Waals surface area contributed by atoms with Gasteiger partial charge in [0, 0.05) is 31.7 Å². The van der Waals surface area contributed by atoms with Crippen molar-refractivity contribution in [1.82, 2.24) is 24.6 Å². The van der Waals surface area contributed by atoms with Gasteiger partial charge in [-0.1, -0.05) is 39.2 Å². The third-order valence-electron chi connectivity index (χ3n) is 6.66. The lowest BCUT2D eigenvalue weighted by molar-refractivity contribution is 0.377. The van der Waals surface area contributed by atoms with Gasteiger partial charge in [0.25, 0.3) is 0 Å². The largest absolute Gasteiger partial charge is 0.380 e. The number of nitrogens with one attached hydrogen (secondary N) is 1. The van der Waals surface area contributed by atoms with Gasteiger partial charge in [0.1, 0.15) is 5.82 Å². The summed E-state index contributed by atoms with van der Waals surface area (Å²) in [4.78, 5) is 16.2. The Bertz CT molecular complexity index is 1070. The number of pyridine rings is 1. The van der Waals surface area contributed by atoms with E-state index >= 15 is 0 Å². The van der Waals surface area contributed by atoms with Gasteiger partial charge in [-0.3, -0.25) is 0 Å². The molecule has 0 aliphatic carbocycles. The Hall–Kier alpha value is -2.90. The summed E-state index contributed by atoms with van der Waals surface area (Å²) in [6.07, 6.45) is 11.8. The summed E-state index contributed by atoms with van der Waals surface area (Å²) in [7, 11) is 0. The first-order valence-electron chi connectivity index (χ1n) is 12.5. The van der Waals surface area contributed by atoms with Crippen molar-refractivity contribution in [2.45, 2.75) is 78.7 Å². The van der Waals surface area contributed by atoms with Crippen LogP contribution in [0.2, 0.25) is 0 Å². The van der Waals surface area contributed by atoms with E-state index in [0.717, 1.165) is 48.9 Å². The number of imidazole rings is 1. The molecule has 8 heteroatoms. The number of anilines is 3. The summed E-state index contributed by atoms with van der Waals surface area (Å²) >= 11 is 0. The Balaban J connectivity index is 1.50. The zero-order valence-electron chi connectivity index (χ0n) is 20.5. The van der Waals surface area contributed by atoms with Crippen LogP contribution in [0.3, 0.4) is 0 Å². The molecule has 8 nitrogen and oxygen atoms in total. The van der Waals surface area contributed by atoms with E-state index < -0.39 is 0 Å². The quantitative estimate of drug-likeness (QED) is 0.491. The molecule has 178 valence electrons. The van der Waals surface area contributed by atoms with Gasteiger partial charge in [0.2, 0.25) is 5.95 Å². The molecule has 0 amide bonds. The highest BCUT2D eigenvalue weighted by molar-refractivity contribution is 5.61. The summed E-state index contributed by atoms with van der Waals surface area (Å²) in [5.41, 5.74) is 10.1. The molecule has 1 fully saturated rings. The van der Waals surface area contributed by atoms with Gasteiger partial charge in [0.15, 0.2) is 11.5 Å². The third-order valence-corrected chi connectivity index (χ3v) is 6.66. The van der Waals surface area contributed by atoms with E-state index in [4.69, 9.17) is 10.7 Å². The zero-order chi connectivity index (χ0) is 23.4. The van der Waals surface area contributed by atoms with Crippen LogP contribution in [0, 0.1) is 12.8 Å².